The van der Waals surface area contributed by atoms with Gasteiger partial charge in [-0.15, -0.1) is 0 Å². The number of hydrogen-bond acceptors (Lipinski definition) is 3. The highest BCUT2D eigenvalue weighted by atomic mass is 16.5. The van der Waals surface area contributed by atoms with Gasteiger partial charge in [-0.1, -0.05) is 24.1 Å². The van der Waals surface area contributed by atoms with Gasteiger partial charge in [-0.25, -0.2) is 0 Å². The summed E-state index contributed by atoms with van der Waals surface area (Å²) in [5.74, 6) is 0.832. The molecule has 1 atom stereocenters. The number of benzene rings is 1. The predicted octanol–water partition coefficient (Wildman–Crippen LogP) is 2.22. The van der Waals surface area contributed by atoms with Gasteiger partial charge in [-0.05, 0) is 45.0 Å². The minimum atomic E-state index is -0.399. The molecule has 0 radical (unpaired) electrons. The van der Waals surface area contributed by atoms with Gasteiger partial charge in [0.2, 0.25) is 0 Å². The maximum absolute atomic E-state index is 9.95. The molecule has 0 amide bonds. The van der Waals surface area contributed by atoms with E-state index in [4.69, 9.17) is 4.74 Å². The molecule has 0 spiro atoms. The number of nitrogens with zero attached hydrogens (tertiary/aromatic N) is 1. The van der Waals surface area contributed by atoms with Gasteiger partial charge in [0.1, 0.15) is 18.5 Å². The lowest BCUT2D eigenvalue weighted by Gasteiger charge is -2.28. The zero-order valence-corrected chi connectivity index (χ0v) is 11.1. The second kappa shape index (κ2) is 6.76. The number of rotatable bonds is 5. The summed E-state index contributed by atoms with van der Waals surface area (Å²) in [7, 11) is 0. The Morgan fingerprint density at radius 1 is 1.17 bits per heavy atom. The Bertz CT molecular complexity index is 344. The van der Waals surface area contributed by atoms with Crippen LogP contribution in [0.15, 0.2) is 24.3 Å². The van der Waals surface area contributed by atoms with Crippen LogP contribution in [0.5, 0.6) is 5.75 Å². The van der Waals surface area contributed by atoms with Crippen LogP contribution in [0.25, 0.3) is 0 Å². The van der Waals surface area contributed by atoms with Crippen LogP contribution < -0.4 is 4.74 Å². The monoisotopic (exact) mass is 249 g/mol. The Balaban J connectivity index is 1.70. The molecule has 2 rings (SSSR count). The average Bonchev–Trinajstić information content (AvgIpc) is 2.39. The summed E-state index contributed by atoms with van der Waals surface area (Å²) in [6.07, 6.45) is 3.44. The second-order valence-corrected chi connectivity index (χ2v) is 5.14. The third-order valence-electron chi connectivity index (χ3n) is 3.38. The van der Waals surface area contributed by atoms with Crippen molar-refractivity contribution in [1.82, 2.24) is 4.90 Å². The van der Waals surface area contributed by atoms with E-state index in [0.717, 1.165) is 25.4 Å². The Morgan fingerprint density at radius 2 is 1.83 bits per heavy atom. The number of likely N-dealkylation sites (tertiary alicyclic amines) is 1. The van der Waals surface area contributed by atoms with Crippen molar-refractivity contribution < 1.29 is 9.84 Å². The van der Waals surface area contributed by atoms with E-state index in [1.54, 1.807) is 0 Å². The van der Waals surface area contributed by atoms with Gasteiger partial charge in [-0.3, -0.25) is 0 Å². The van der Waals surface area contributed by atoms with Crippen molar-refractivity contribution in [3.8, 4) is 5.75 Å². The summed E-state index contributed by atoms with van der Waals surface area (Å²) in [4.78, 5) is 2.33. The van der Waals surface area contributed by atoms with E-state index in [9.17, 15) is 5.11 Å². The normalized spacial score (nSPS) is 18.6. The fraction of sp³-hybridized carbons (Fsp3) is 0.600. The number of ether oxygens (including phenoxy) is 1. The first-order valence-corrected chi connectivity index (χ1v) is 6.84. The second-order valence-electron chi connectivity index (χ2n) is 5.14. The molecule has 1 fully saturated rings. The van der Waals surface area contributed by atoms with Crippen molar-refractivity contribution in [3.63, 3.8) is 0 Å². The van der Waals surface area contributed by atoms with E-state index in [0.29, 0.717) is 6.61 Å². The number of aliphatic hydroxyl groups excluding tert-OH is 1. The van der Waals surface area contributed by atoms with E-state index >= 15 is 0 Å². The topological polar surface area (TPSA) is 32.7 Å². The lowest BCUT2D eigenvalue weighted by atomic mass is 10.1. The lowest BCUT2D eigenvalue weighted by molar-refractivity contribution is 0.0617. The smallest absolute Gasteiger partial charge is 0.119 e. The molecular weight excluding hydrogens is 226 g/mol. The van der Waals surface area contributed by atoms with E-state index in [2.05, 4.69) is 11.8 Å². The molecule has 1 saturated heterocycles. The number of aliphatic hydroxyl groups is 1. The fourth-order valence-electron chi connectivity index (χ4n) is 2.32. The summed E-state index contributed by atoms with van der Waals surface area (Å²) in [5.41, 5.74) is 1.22. The van der Waals surface area contributed by atoms with Gasteiger partial charge >= 0.3 is 0 Å². The Hall–Kier alpha value is -1.06. The quantitative estimate of drug-likeness (QED) is 0.868. The van der Waals surface area contributed by atoms with Crippen LogP contribution in [0.2, 0.25) is 0 Å². The first-order chi connectivity index (χ1) is 8.74. The minimum Gasteiger partial charge on any atom is -0.491 e. The summed E-state index contributed by atoms with van der Waals surface area (Å²) in [6, 6.07) is 7.94. The zero-order valence-electron chi connectivity index (χ0n) is 11.1. The Labute approximate surface area is 109 Å². The lowest BCUT2D eigenvalue weighted by Crippen LogP contribution is -2.38. The van der Waals surface area contributed by atoms with Crippen LogP contribution >= 0.6 is 0 Å². The molecule has 18 heavy (non-hydrogen) atoms. The van der Waals surface area contributed by atoms with Crippen LogP contribution in [0.1, 0.15) is 24.8 Å². The standard InChI is InChI=1S/C15H23NO2/c1-13-5-7-15(8-6-13)18-12-14(17)11-16-9-3-2-4-10-16/h5-8,14,17H,2-4,9-12H2,1H3. The van der Waals surface area contributed by atoms with Gasteiger partial charge in [0.15, 0.2) is 0 Å². The van der Waals surface area contributed by atoms with Crippen molar-refractivity contribution >= 4 is 0 Å². The number of β-amino-alcohol motifs (C(OH)–C–C–N with tert-alkyl or cyclic N) is 1. The van der Waals surface area contributed by atoms with Crippen molar-refractivity contribution in [2.24, 2.45) is 0 Å². The molecule has 1 aliphatic rings. The van der Waals surface area contributed by atoms with Crippen molar-refractivity contribution in [3.05, 3.63) is 29.8 Å². The van der Waals surface area contributed by atoms with Crippen LogP contribution in [0.3, 0.4) is 0 Å². The first-order valence-electron chi connectivity index (χ1n) is 6.84. The van der Waals surface area contributed by atoms with Gasteiger partial charge in [0, 0.05) is 6.54 Å². The highest BCUT2D eigenvalue weighted by molar-refractivity contribution is 5.26. The molecule has 3 nitrogen and oxygen atoms in total. The molecule has 1 heterocycles. The van der Waals surface area contributed by atoms with Crippen molar-refractivity contribution in [1.29, 1.82) is 0 Å². The molecule has 3 heteroatoms. The zero-order chi connectivity index (χ0) is 12.8. The van der Waals surface area contributed by atoms with Crippen LogP contribution in [0, 0.1) is 6.92 Å². The maximum Gasteiger partial charge on any atom is 0.119 e. The number of aryl methyl sites for hydroxylation is 1. The summed E-state index contributed by atoms with van der Waals surface area (Å²) < 4.78 is 5.59. The van der Waals surface area contributed by atoms with Crippen LogP contribution in [-0.4, -0.2) is 42.4 Å². The summed E-state index contributed by atoms with van der Waals surface area (Å²) >= 11 is 0. The van der Waals surface area contributed by atoms with E-state index in [-0.39, 0.29) is 0 Å². The molecule has 1 aliphatic heterocycles. The molecule has 1 aromatic rings. The molecule has 0 aromatic heterocycles. The predicted molar refractivity (Wildman–Crippen MR) is 73.0 cm³/mol. The highest BCUT2D eigenvalue weighted by Gasteiger charge is 2.14. The molecule has 100 valence electrons. The van der Waals surface area contributed by atoms with E-state index in [1.165, 1.54) is 24.8 Å². The van der Waals surface area contributed by atoms with Gasteiger partial charge in [0.05, 0.1) is 0 Å². The summed E-state index contributed by atoms with van der Waals surface area (Å²) in [5, 5.41) is 9.95. The highest BCUT2D eigenvalue weighted by Crippen LogP contribution is 2.12. The Morgan fingerprint density at radius 3 is 2.50 bits per heavy atom. The molecule has 1 N–H and O–H groups in total. The van der Waals surface area contributed by atoms with Gasteiger partial charge in [0.25, 0.3) is 0 Å². The van der Waals surface area contributed by atoms with E-state index in [1.807, 2.05) is 24.3 Å². The molecule has 1 unspecified atom stereocenters. The van der Waals surface area contributed by atoms with Gasteiger partial charge < -0.3 is 14.7 Å². The van der Waals surface area contributed by atoms with E-state index < -0.39 is 6.10 Å². The average molecular weight is 249 g/mol. The largest absolute Gasteiger partial charge is 0.491 e. The molecule has 1 aromatic carbocycles. The molecular formula is C15H23NO2. The number of hydrogen-bond donors (Lipinski definition) is 1. The first kappa shape index (κ1) is 13.4. The van der Waals surface area contributed by atoms with Crippen molar-refractivity contribution in [2.75, 3.05) is 26.2 Å². The molecule has 0 saturated carbocycles. The number of piperidine rings is 1. The van der Waals surface area contributed by atoms with Crippen molar-refractivity contribution in [2.45, 2.75) is 32.3 Å². The van der Waals surface area contributed by atoms with Gasteiger partial charge in [-0.2, -0.15) is 0 Å². The third kappa shape index (κ3) is 4.31. The Kier molecular flexibility index (Phi) is 5.02. The fourth-order valence-corrected chi connectivity index (χ4v) is 2.32. The third-order valence-corrected chi connectivity index (χ3v) is 3.38. The SMILES string of the molecule is Cc1ccc(OCC(O)CN2CCCCC2)cc1. The molecule has 0 aliphatic carbocycles. The van der Waals surface area contributed by atoms with Crippen LogP contribution in [0.4, 0.5) is 0 Å². The minimum absolute atomic E-state index is 0.375. The van der Waals surface area contributed by atoms with Crippen LogP contribution in [-0.2, 0) is 0 Å². The molecule has 0 bridgehead atoms. The maximum atomic E-state index is 9.95. The summed E-state index contributed by atoms with van der Waals surface area (Å²) in [6.45, 7) is 5.38.